The number of benzene rings is 2. The summed E-state index contributed by atoms with van der Waals surface area (Å²) in [6.45, 7) is 5.63. The van der Waals surface area contributed by atoms with Gasteiger partial charge in [0, 0.05) is 34.7 Å². The van der Waals surface area contributed by atoms with Crippen molar-refractivity contribution in [2.45, 2.75) is 26.8 Å². The standard InChI is InChI=1S/C23H23ClN4O3/c1-14(2)26-22(29)21-13-19(10-11-25-21)31-18-7-4-16(5-8-18)27-23(30)28-17-6-9-20(24)15(3)12-17/h4-14H,1-3H3,(H,26,29)(H2,27,28,30). The van der Waals surface area contributed by atoms with Gasteiger partial charge in [-0.15, -0.1) is 0 Å². The maximum Gasteiger partial charge on any atom is 0.323 e. The molecule has 1 heterocycles. The lowest BCUT2D eigenvalue weighted by molar-refractivity contribution is 0.0937. The van der Waals surface area contributed by atoms with E-state index in [2.05, 4.69) is 20.9 Å². The number of aryl methyl sites for hydroxylation is 1. The molecular formula is C23H23ClN4O3. The Hall–Kier alpha value is -3.58. The maximum absolute atomic E-state index is 12.2. The number of anilines is 2. The van der Waals surface area contributed by atoms with E-state index in [1.165, 1.54) is 6.20 Å². The highest BCUT2D eigenvalue weighted by Crippen LogP contribution is 2.24. The normalized spacial score (nSPS) is 10.5. The van der Waals surface area contributed by atoms with Gasteiger partial charge in [-0.1, -0.05) is 11.6 Å². The van der Waals surface area contributed by atoms with Gasteiger partial charge < -0.3 is 20.7 Å². The summed E-state index contributed by atoms with van der Waals surface area (Å²) in [6.07, 6.45) is 1.52. The Balaban J connectivity index is 1.59. The second-order valence-electron chi connectivity index (χ2n) is 7.17. The summed E-state index contributed by atoms with van der Waals surface area (Å²) in [4.78, 5) is 28.4. The Kier molecular flexibility index (Phi) is 7.10. The molecule has 0 aliphatic heterocycles. The van der Waals surface area contributed by atoms with Gasteiger partial charge in [0.25, 0.3) is 5.91 Å². The van der Waals surface area contributed by atoms with Gasteiger partial charge in [0.15, 0.2) is 0 Å². The quantitative estimate of drug-likeness (QED) is 0.465. The molecule has 8 heteroatoms. The SMILES string of the molecule is Cc1cc(NC(=O)Nc2ccc(Oc3ccnc(C(=O)NC(C)C)c3)cc2)ccc1Cl. The number of pyridine rings is 1. The summed E-state index contributed by atoms with van der Waals surface area (Å²) in [7, 11) is 0. The van der Waals surface area contributed by atoms with Crippen LogP contribution in [-0.4, -0.2) is 23.0 Å². The monoisotopic (exact) mass is 438 g/mol. The van der Waals surface area contributed by atoms with Crippen LogP contribution in [0.4, 0.5) is 16.2 Å². The van der Waals surface area contributed by atoms with Crippen LogP contribution >= 0.6 is 11.6 Å². The zero-order chi connectivity index (χ0) is 22.4. The van der Waals surface area contributed by atoms with Crippen LogP contribution in [0.5, 0.6) is 11.5 Å². The smallest absolute Gasteiger partial charge is 0.323 e. The summed E-state index contributed by atoms with van der Waals surface area (Å²) in [5.74, 6) is 0.781. The third kappa shape index (κ3) is 6.45. The second kappa shape index (κ2) is 9.95. The highest BCUT2D eigenvalue weighted by molar-refractivity contribution is 6.31. The van der Waals surface area contributed by atoms with Crippen LogP contribution in [0.3, 0.4) is 0 Å². The molecule has 3 N–H and O–H groups in total. The Morgan fingerprint density at radius 1 is 0.935 bits per heavy atom. The molecule has 0 bridgehead atoms. The number of nitrogens with one attached hydrogen (secondary N) is 3. The van der Waals surface area contributed by atoms with Gasteiger partial charge in [0.1, 0.15) is 17.2 Å². The fourth-order valence-corrected chi connectivity index (χ4v) is 2.81. The van der Waals surface area contributed by atoms with Gasteiger partial charge in [-0.05, 0) is 74.9 Å². The summed E-state index contributed by atoms with van der Waals surface area (Å²) >= 11 is 6.00. The molecule has 0 fully saturated rings. The minimum Gasteiger partial charge on any atom is -0.457 e. The Labute approximate surface area is 185 Å². The fourth-order valence-electron chi connectivity index (χ4n) is 2.69. The van der Waals surface area contributed by atoms with E-state index in [1.807, 2.05) is 20.8 Å². The van der Waals surface area contributed by atoms with Crippen molar-refractivity contribution in [2.24, 2.45) is 0 Å². The minimum absolute atomic E-state index is 0.0137. The van der Waals surface area contributed by atoms with E-state index >= 15 is 0 Å². The van der Waals surface area contributed by atoms with Crippen LogP contribution < -0.4 is 20.7 Å². The number of aromatic nitrogens is 1. The summed E-state index contributed by atoms with van der Waals surface area (Å²) in [5, 5.41) is 8.95. The first-order valence-corrected chi connectivity index (χ1v) is 10.1. The van der Waals surface area contributed by atoms with Crippen molar-refractivity contribution in [3.63, 3.8) is 0 Å². The van der Waals surface area contributed by atoms with Crippen molar-refractivity contribution in [2.75, 3.05) is 10.6 Å². The molecule has 0 saturated carbocycles. The molecule has 0 aliphatic carbocycles. The van der Waals surface area contributed by atoms with Crippen molar-refractivity contribution >= 4 is 34.9 Å². The van der Waals surface area contributed by atoms with Gasteiger partial charge in [0.2, 0.25) is 0 Å². The summed E-state index contributed by atoms with van der Waals surface area (Å²) in [6, 6.07) is 15.0. The number of halogens is 1. The first kappa shape index (κ1) is 22.1. The van der Waals surface area contributed by atoms with E-state index in [4.69, 9.17) is 16.3 Å². The number of hydrogen-bond acceptors (Lipinski definition) is 4. The van der Waals surface area contributed by atoms with E-state index in [1.54, 1.807) is 54.6 Å². The Morgan fingerprint density at radius 2 is 1.61 bits per heavy atom. The van der Waals surface area contributed by atoms with E-state index in [9.17, 15) is 9.59 Å². The van der Waals surface area contributed by atoms with Crippen LogP contribution in [0, 0.1) is 6.92 Å². The predicted octanol–water partition coefficient (Wildman–Crippen LogP) is 5.62. The third-order valence-corrected chi connectivity index (χ3v) is 4.57. The molecule has 2 aromatic carbocycles. The molecule has 3 aromatic rings. The largest absolute Gasteiger partial charge is 0.457 e. The van der Waals surface area contributed by atoms with Crippen LogP contribution in [0.2, 0.25) is 5.02 Å². The Bertz CT molecular complexity index is 1080. The number of urea groups is 1. The highest BCUT2D eigenvalue weighted by Gasteiger charge is 2.10. The highest BCUT2D eigenvalue weighted by atomic mass is 35.5. The lowest BCUT2D eigenvalue weighted by Gasteiger charge is -2.11. The second-order valence-corrected chi connectivity index (χ2v) is 7.58. The first-order valence-electron chi connectivity index (χ1n) is 9.69. The van der Waals surface area contributed by atoms with E-state index < -0.39 is 0 Å². The molecule has 0 atom stereocenters. The van der Waals surface area contributed by atoms with Gasteiger partial charge >= 0.3 is 6.03 Å². The van der Waals surface area contributed by atoms with Gasteiger partial charge in [-0.2, -0.15) is 0 Å². The topological polar surface area (TPSA) is 92.3 Å². The van der Waals surface area contributed by atoms with Gasteiger partial charge in [0.05, 0.1) is 0 Å². The molecule has 0 saturated heterocycles. The van der Waals surface area contributed by atoms with Gasteiger partial charge in [-0.3, -0.25) is 9.78 Å². The number of nitrogens with zero attached hydrogens (tertiary/aromatic N) is 1. The van der Waals surface area contributed by atoms with Crippen LogP contribution in [0.1, 0.15) is 29.9 Å². The molecule has 0 radical (unpaired) electrons. The molecule has 7 nitrogen and oxygen atoms in total. The number of hydrogen-bond donors (Lipinski definition) is 3. The van der Waals surface area contributed by atoms with Crippen LogP contribution in [0.15, 0.2) is 60.8 Å². The maximum atomic E-state index is 12.2. The first-order chi connectivity index (χ1) is 14.8. The summed E-state index contributed by atoms with van der Waals surface area (Å²) in [5.41, 5.74) is 2.40. The molecule has 160 valence electrons. The molecule has 1 aromatic heterocycles. The zero-order valence-corrected chi connectivity index (χ0v) is 18.2. The van der Waals surface area contributed by atoms with Crippen molar-refractivity contribution in [1.82, 2.24) is 10.3 Å². The van der Waals surface area contributed by atoms with Crippen LogP contribution in [0.25, 0.3) is 0 Å². The lowest BCUT2D eigenvalue weighted by atomic mass is 10.2. The molecule has 0 aliphatic rings. The molecule has 3 amide bonds. The number of ether oxygens (including phenoxy) is 1. The molecule has 0 spiro atoms. The number of carbonyl (C=O) groups excluding carboxylic acids is 2. The predicted molar refractivity (Wildman–Crippen MR) is 122 cm³/mol. The number of rotatable bonds is 6. The van der Waals surface area contributed by atoms with Gasteiger partial charge in [-0.25, -0.2) is 4.79 Å². The van der Waals surface area contributed by atoms with Crippen LogP contribution in [-0.2, 0) is 0 Å². The van der Waals surface area contributed by atoms with Crippen molar-refractivity contribution < 1.29 is 14.3 Å². The summed E-state index contributed by atoms with van der Waals surface area (Å²) < 4.78 is 5.79. The zero-order valence-electron chi connectivity index (χ0n) is 17.4. The number of carbonyl (C=O) groups is 2. The molecule has 31 heavy (non-hydrogen) atoms. The Morgan fingerprint density at radius 3 is 2.29 bits per heavy atom. The van der Waals surface area contributed by atoms with Crippen molar-refractivity contribution in [3.05, 3.63) is 77.1 Å². The lowest BCUT2D eigenvalue weighted by Crippen LogP contribution is -2.30. The molecule has 0 unspecified atom stereocenters. The number of amides is 3. The fraction of sp³-hybridized carbons (Fsp3) is 0.174. The minimum atomic E-state index is -0.370. The van der Waals surface area contributed by atoms with E-state index in [0.717, 1.165) is 5.56 Å². The van der Waals surface area contributed by atoms with Crippen molar-refractivity contribution in [3.8, 4) is 11.5 Å². The van der Waals surface area contributed by atoms with E-state index in [0.29, 0.717) is 27.9 Å². The van der Waals surface area contributed by atoms with Crippen molar-refractivity contribution in [1.29, 1.82) is 0 Å². The molecule has 3 rings (SSSR count). The van der Waals surface area contributed by atoms with E-state index in [-0.39, 0.29) is 23.7 Å². The average Bonchev–Trinajstić information content (AvgIpc) is 2.72. The average molecular weight is 439 g/mol. The third-order valence-electron chi connectivity index (χ3n) is 4.15. The molecular weight excluding hydrogens is 416 g/mol.